The SMILES string of the molecule is CC(C)Cc1noc(COC(=O)C2CCCCN2S(=O)(=O)c2ccccc2)n1. The lowest BCUT2D eigenvalue weighted by molar-refractivity contribution is -0.151. The smallest absolute Gasteiger partial charge is 0.324 e. The van der Waals surface area contributed by atoms with Crippen molar-refractivity contribution in [3.63, 3.8) is 0 Å². The minimum atomic E-state index is -3.77. The topological polar surface area (TPSA) is 103 Å². The monoisotopic (exact) mass is 407 g/mol. The molecule has 2 heterocycles. The average molecular weight is 407 g/mol. The fourth-order valence-corrected chi connectivity index (χ4v) is 4.85. The fourth-order valence-electron chi connectivity index (χ4n) is 3.18. The number of benzene rings is 1. The van der Waals surface area contributed by atoms with E-state index in [9.17, 15) is 13.2 Å². The molecule has 1 aromatic heterocycles. The molecule has 0 N–H and O–H groups in total. The van der Waals surface area contributed by atoms with E-state index >= 15 is 0 Å². The van der Waals surface area contributed by atoms with Gasteiger partial charge in [0.1, 0.15) is 6.04 Å². The van der Waals surface area contributed by atoms with Crippen LogP contribution < -0.4 is 0 Å². The fraction of sp³-hybridized carbons (Fsp3) is 0.526. The Labute approximate surface area is 164 Å². The van der Waals surface area contributed by atoms with E-state index in [1.54, 1.807) is 18.2 Å². The molecule has 9 heteroatoms. The van der Waals surface area contributed by atoms with E-state index in [1.165, 1.54) is 16.4 Å². The van der Waals surface area contributed by atoms with Crippen molar-refractivity contribution < 1.29 is 22.5 Å². The number of nitrogens with zero attached hydrogens (tertiary/aromatic N) is 3. The van der Waals surface area contributed by atoms with Gasteiger partial charge in [0.2, 0.25) is 10.0 Å². The van der Waals surface area contributed by atoms with Crippen LogP contribution in [0.25, 0.3) is 0 Å². The number of carbonyl (C=O) groups is 1. The van der Waals surface area contributed by atoms with Crippen LogP contribution in [0.1, 0.15) is 44.8 Å². The zero-order valence-corrected chi connectivity index (χ0v) is 16.9. The molecule has 0 aliphatic carbocycles. The first kappa shape index (κ1) is 20.5. The zero-order valence-electron chi connectivity index (χ0n) is 16.1. The van der Waals surface area contributed by atoms with E-state index in [2.05, 4.69) is 10.1 Å². The molecule has 0 spiro atoms. The van der Waals surface area contributed by atoms with Gasteiger partial charge in [-0.05, 0) is 37.3 Å². The highest BCUT2D eigenvalue weighted by Crippen LogP contribution is 2.26. The summed E-state index contributed by atoms with van der Waals surface area (Å²) in [7, 11) is -3.77. The normalized spacial score (nSPS) is 18.3. The minimum absolute atomic E-state index is 0.167. The summed E-state index contributed by atoms with van der Waals surface area (Å²) < 4.78 is 37.6. The molecule has 1 fully saturated rings. The molecule has 1 saturated heterocycles. The van der Waals surface area contributed by atoms with E-state index in [0.717, 1.165) is 6.42 Å². The predicted octanol–water partition coefficient (Wildman–Crippen LogP) is 2.55. The maximum Gasteiger partial charge on any atom is 0.324 e. The number of piperidine rings is 1. The summed E-state index contributed by atoms with van der Waals surface area (Å²) in [6.07, 6.45) is 2.56. The highest BCUT2D eigenvalue weighted by Gasteiger charge is 2.38. The maximum absolute atomic E-state index is 13.0. The molecule has 3 rings (SSSR count). The second-order valence-electron chi connectivity index (χ2n) is 7.25. The summed E-state index contributed by atoms with van der Waals surface area (Å²) in [6, 6.07) is 7.28. The number of hydrogen-bond acceptors (Lipinski definition) is 7. The lowest BCUT2D eigenvalue weighted by Gasteiger charge is -2.32. The van der Waals surface area contributed by atoms with Gasteiger partial charge in [0, 0.05) is 13.0 Å². The van der Waals surface area contributed by atoms with Crippen molar-refractivity contribution in [3.05, 3.63) is 42.0 Å². The Kier molecular flexibility index (Phi) is 6.46. The second-order valence-corrected chi connectivity index (χ2v) is 9.14. The molecule has 0 amide bonds. The molecular weight excluding hydrogens is 382 g/mol. The summed E-state index contributed by atoms with van der Waals surface area (Å²) >= 11 is 0. The predicted molar refractivity (Wildman–Crippen MR) is 101 cm³/mol. The Balaban J connectivity index is 1.68. The van der Waals surface area contributed by atoms with E-state index in [0.29, 0.717) is 31.0 Å². The Morgan fingerprint density at radius 1 is 1.29 bits per heavy atom. The van der Waals surface area contributed by atoms with Crippen LogP contribution in [0.4, 0.5) is 0 Å². The largest absolute Gasteiger partial charge is 0.454 e. The Morgan fingerprint density at radius 2 is 2.04 bits per heavy atom. The molecule has 0 radical (unpaired) electrons. The molecule has 0 bridgehead atoms. The van der Waals surface area contributed by atoms with Crippen molar-refractivity contribution in [2.75, 3.05) is 6.54 Å². The van der Waals surface area contributed by atoms with Crippen molar-refractivity contribution >= 4 is 16.0 Å². The molecule has 8 nitrogen and oxygen atoms in total. The van der Waals surface area contributed by atoms with Crippen LogP contribution in [0, 0.1) is 5.92 Å². The van der Waals surface area contributed by atoms with Gasteiger partial charge in [0.05, 0.1) is 4.90 Å². The Hall–Kier alpha value is -2.26. The number of carbonyl (C=O) groups excluding carboxylic acids is 1. The minimum Gasteiger partial charge on any atom is -0.454 e. The van der Waals surface area contributed by atoms with Gasteiger partial charge in [0.25, 0.3) is 5.89 Å². The summed E-state index contributed by atoms with van der Waals surface area (Å²) in [6.45, 7) is 4.21. The molecule has 2 aromatic rings. The number of rotatable bonds is 7. The Bertz CT molecular complexity index is 895. The summed E-state index contributed by atoms with van der Waals surface area (Å²) in [5.41, 5.74) is 0. The van der Waals surface area contributed by atoms with Gasteiger partial charge in [-0.3, -0.25) is 4.79 Å². The second kappa shape index (κ2) is 8.83. The van der Waals surface area contributed by atoms with Crippen molar-refractivity contribution in [2.24, 2.45) is 5.92 Å². The molecular formula is C19H25N3O5S. The van der Waals surface area contributed by atoms with Gasteiger partial charge < -0.3 is 9.26 Å². The van der Waals surface area contributed by atoms with Crippen LogP contribution in [-0.2, 0) is 32.6 Å². The van der Waals surface area contributed by atoms with E-state index in [-0.39, 0.29) is 23.9 Å². The number of ether oxygens (including phenoxy) is 1. The number of hydrogen-bond donors (Lipinski definition) is 0. The maximum atomic E-state index is 13.0. The van der Waals surface area contributed by atoms with E-state index < -0.39 is 22.0 Å². The van der Waals surface area contributed by atoms with Crippen LogP contribution in [0.2, 0.25) is 0 Å². The standard InChI is InChI=1S/C19H25N3O5S/c1-14(2)12-17-20-18(27-21-17)13-26-19(23)16-10-6-7-11-22(16)28(24,25)15-8-4-3-5-9-15/h3-5,8-9,14,16H,6-7,10-13H2,1-2H3. The average Bonchev–Trinajstić information content (AvgIpc) is 3.13. The van der Waals surface area contributed by atoms with E-state index in [4.69, 9.17) is 9.26 Å². The van der Waals surface area contributed by atoms with Crippen molar-refractivity contribution in [2.45, 2.75) is 57.1 Å². The molecule has 1 aromatic carbocycles. The summed E-state index contributed by atoms with van der Waals surface area (Å²) in [4.78, 5) is 17.0. The third-order valence-electron chi connectivity index (χ3n) is 4.51. The molecule has 1 unspecified atom stereocenters. The number of aromatic nitrogens is 2. The van der Waals surface area contributed by atoms with Gasteiger partial charge in [-0.1, -0.05) is 37.2 Å². The van der Waals surface area contributed by atoms with E-state index in [1.807, 2.05) is 13.8 Å². The first-order valence-electron chi connectivity index (χ1n) is 9.43. The lowest BCUT2D eigenvalue weighted by Crippen LogP contribution is -2.48. The molecule has 1 aliphatic rings. The summed E-state index contributed by atoms with van der Waals surface area (Å²) in [5, 5.41) is 3.86. The molecule has 1 aliphatic heterocycles. The van der Waals surface area contributed by atoms with Crippen molar-refractivity contribution in [1.82, 2.24) is 14.4 Å². The van der Waals surface area contributed by atoms with Crippen LogP contribution in [0.15, 0.2) is 39.8 Å². The molecule has 0 saturated carbocycles. The third-order valence-corrected chi connectivity index (χ3v) is 6.44. The van der Waals surface area contributed by atoms with Crippen LogP contribution >= 0.6 is 0 Å². The first-order chi connectivity index (χ1) is 13.4. The Morgan fingerprint density at radius 3 is 2.75 bits per heavy atom. The molecule has 28 heavy (non-hydrogen) atoms. The van der Waals surface area contributed by atoms with Gasteiger partial charge in [-0.15, -0.1) is 0 Å². The zero-order chi connectivity index (χ0) is 20.1. The number of sulfonamides is 1. The van der Waals surface area contributed by atoms with Crippen LogP contribution in [-0.4, -0.2) is 41.4 Å². The highest BCUT2D eigenvalue weighted by atomic mass is 32.2. The number of esters is 1. The van der Waals surface area contributed by atoms with Gasteiger partial charge in [0.15, 0.2) is 12.4 Å². The third kappa shape index (κ3) is 4.77. The van der Waals surface area contributed by atoms with Gasteiger partial charge in [-0.25, -0.2) is 8.42 Å². The highest BCUT2D eigenvalue weighted by molar-refractivity contribution is 7.89. The molecule has 1 atom stereocenters. The quantitative estimate of drug-likeness (QED) is 0.650. The van der Waals surface area contributed by atoms with Gasteiger partial charge >= 0.3 is 5.97 Å². The molecule has 152 valence electrons. The van der Waals surface area contributed by atoms with Crippen LogP contribution in [0.5, 0.6) is 0 Å². The van der Waals surface area contributed by atoms with Gasteiger partial charge in [-0.2, -0.15) is 9.29 Å². The lowest BCUT2D eigenvalue weighted by atomic mass is 10.1. The van der Waals surface area contributed by atoms with Crippen molar-refractivity contribution in [1.29, 1.82) is 0 Å². The van der Waals surface area contributed by atoms with Crippen LogP contribution in [0.3, 0.4) is 0 Å². The summed E-state index contributed by atoms with van der Waals surface area (Å²) in [5.74, 6) is 0.555. The first-order valence-corrected chi connectivity index (χ1v) is 10.9. The van der Waals surface area contributed by atoms with Crippen molar-refractivity contribution in [3.8, 4) is 0 Å².